The van der Waals surface area contributed by atoms with Crippen molar-refractivity contribution in [2.24, 2.45) is 0 Å². The molecule has 1 saturated carbocycles. The molecule has 1 N–H and O–H groups in total. The minimum Gasteiger partial charge on any atom is -0.367 e. The quantitative estimate of drug-likeness (QED) is 0.786. The van der Waals surface area contributed by atoms with Gasteiger partial charge in [0.1, 0.15) is 16.5 Å². The summed E-state index contributed by atoms with van der Waals surface area (Å²) in [5.74, 6) is 2.88. The lowest BCUT2D eigenvalue weighted by Crippen LogP contribution is -2.48. The molecule has 0 bridgehead atoms. The summed E-state index contributed by atoms with van der Waals surface area (Å²) in [7, 11) is 2.26. The molecular weight excluding hydrogens is 390 g/mol. The fraction of sp³-hybridized carbons (Fsp3) is 0.750. The van der Waals surface area contributed by atoms with Crippen LogP contribution in [0.2, 0.25) is 0 Å². The molecule has 2 saturated heterocycles. The first-order valence-corrected chi connectivity index (χ1v) is 13.1. The molecule has 0 radical (unpaired) electrons. The Balaban J connectivity index is 1.20. The van der Waals surface area contributed by atoms with Crippen molar-refractivity contribution >= 4 is 27.4 Å². The van der Waals surface area contributed by atoms with Crippen molar-refractivity contribution in [2.45, 2.75) is 82.2 Å². The molecule has 2 aromatic rings. The molecule has 2 aromatic heterocycles. The number of fused-ring (bicyclic) bond motifs is 3. The highest BCUT2D eigenvalue weighted by molar-refractivity contribution is 7.19. The highest BCUT2D eigenvalue weighted by Crippen LogP contribution is 2.43. The van der Waals surface area contributed by atoms with Crippen LogP contribution in [0.15, 0.2) is 0 Å². The van der Waals surface area contributed by atoms with Gasteiger partial charge in [0, 0.05) is 36.0 Å². The van der Waals surface area contributed by atoms with Gasteiger partial charge in [0.05, 0.1) is 5.39 Å². The normalized spacial score (nSPS) is 25.0. The van der Waals surface area contributed by atoms with Crippen molar-refractivity contribution in [3.05, 3.63) is 16.3 Å². The predicted octanol–water partition coefficient (Wildman–Crippen LogP) is 4.42. The van der Waals surface area contributed by atoms with Crippen molar-refractivity contribution < 1.29 is 0 Å². The molecule has 0 unspecified atom stereocenters. The van der Waals surface area contributed by atoms with Gasteiger partial charge >= 0.3 is 0 Å². The van der Waals surface area contributed by atoms with Gasteiger partial charge in [-0.1, -0.05) is 0 Å². The van der Waals surface area contributed by atoms with E-state index in [0.717, 1.165) is 11.9 Å². The molecule has 2 aliphatic carbocycles. The molecule has 30 heavy (non-hydrogen) atoms. The van der Waals surface area contributed by atoms with Crippen LogP contribution in [-0.4, -0.2) is 65.1 Å². The van der Waals surface area contributed by atoms with E-state index in [0.29, 0.717) is 12.0 Å². The van der Waals surface area contributed by atoms with E-state index in [1.165, 1.54) is 106 Å². The lowest BCUT2D eigenvalue weighted by Gasteiger charge is -2.41. The van der Waals surface area contributed by atoms with E-state index < -0.39 is 0 Å². The van der Waals surface area contributed by atoms with E-state index in [9.17, 15) is 0 Å². The second-order valence-corrected chi connectivity index (χ2v) is 11.2. The number of piperidine rings is 2. The standard InChI is InChI=1S/C24H35N5S/c1-28-12-10-18(11-13-28)29-14-8-17(9-15-29)25-23-21-19-4-2-3-5-20(19)30-24(21)27-22(26-23)16-6-7-16/h16-18H,2-15H2,1H3,(H,25,26,27). The van der Waals surface area contributed by atoms with E-state index in [1.54, 1.807) is 10.4 Å². The summed E-state index contributed by atoms with van der Waals surface area (Å²) in [4.78, 5) is 18.2. The molecule has 0 atom stereocenters. The fourth-order valence-electron chi connectivity index (χ4n) is 5.76. The first kappa shape index (κ1) is 19.4. The molecule has 5 nitrogen and oxygen atoms in total. The van der Waals surface area contributed by atoms with Gasteiger partial charge in [-0.3, -0.25) is 0 Å². The number of nitrogens with zero attached hydrogens (tertiary/aromatic N) is 4. The number of aromatic nitrogens is 2. The van der Waals surface area contributed by atoms with Gasteiger partial charge in [-0.2, -0.15) is 0 Å². The summed E-state index contributed by atoms with van der Waals surface area (Å²) in [6.07, 6.45) is 12.8. The summed E-state index contributed by atoms with van der Waals surface area (Å²) < 4.78 is 0. The van der Waals surface area contributed by atoms with Crippen LogP contribution in [0, 0.1) is 0 Å². The van der Waals surface area contributed by atoms with Gasteiger partial charge in [-0.25, -0.2) is 9.97 Å². The van der Waals surface area contributed by atoms with Crippen LogP contribution >= 0.6 is 11.3 Å². The van der Waals surface area contributed by atoms with E-state index in [4.69, 9.17) is 9.97 Å². The number of nitrogens with one attached hydrogen (secondary N) is 1. The predicted molar refractivity (Wildman–Crippen MR) is 125 cm³/mol. The lowest BCUT2D eigenvalue weighted by molar-refractivity contribution is 0.0994. The molecule has 4 aliphatic rings. The number of rotatable bonds is 4. The van der Waals surface area contributed by atoms with E-state index in [1.807, 2.05) is 11.3 Å². The SMILES string of the molecule is CN1CCC(N2CCC(Nc3nc(C4CC4)nc4sc5c(c34)CCCC5)CC2)CC1. The van der Waals surface area contributed by atoms with E-state index in [2.05, 4.69) is 22.2 Å². The average Bonchev–Trinajstić information content (AvgIpc) is 3.55. The Morgan fingerprint density at radius 3 is 2.43 bits per heavy atom. The third-order valence-corrected chi connectivity index (χ3v) is 9.04. The minimum absolute atomic E-state index is 0.553. The Morgan fingerprint density at radius 1 is 0.900 bits per heavy atom. The van der Waals surface area contributed by atoms with Crippen LogP contribution in [0.25, 0.3) is 10.2 Å². The second-order valence-electron chi connectivity index (χ2n) is 10.1. The smallest absolute Gasteiger partial charge is 0.139 e. The number of aryl methyl sites for hydroxylation is 2. The zero-order valence-electron chi connectivity index (χ0n) is 18.3. The van der Waals surface area contributed by atoms with Gasteiger partial charge in [0.25, 0.3) is 0 Å². The minimum atomic E-state index is 0.553. The highest BCUT2D eigenvalue weighted by atomic mass is 32.1. The summed E-state index contributed by atoms with van der Waals surface area (Å²) in [5.41, 5.74) is 1.56. The monoisotopic (exact) mass is 425 g/mol. The zero-order chi connectivity index (χ0) is 20.1. The number of hydrogen-bond donors (Lipinski definition) is 1. The molecule has 6 heteroatoms. The Bertz CT molecular complexity index is 904. The molecule has 3 fully saturated rings. The van der Waals surface area contributed by atoms with Crippen molar-refractivity contribution in [1.29, 1.82) is 0 Å². The average molecular weight is 426 g/mol. The third-order valence-electron chi connectivity index (χ3n) is 7.85. The van der Waals surface area contributed by atoms with Crippen molar-refractivity contribution in [1.82, 2.24) is 19.8 Å². The van der Waals surface area contributed by atoms with Crippen molar-refractivity contribution in [3.63, 3.8) is 0 Å². The van der Waals surface area contributed by atoms with Crippen molar-refractivity contribution in [2.75, 3.05) is 38.5 Å². The van der Waals surface area contributed by atoms with Crippen LogP contribution < -0.4 is 5.32 Å². The van der Waals surface area contributed by atoms with Gasteiger partial charge < -0.3 is 15.1 Å². The summed E-state index contributed by atoms with van der Waals surface area (Å²) in [6, 6.07) is 1.36. The van der Waals surface area contributed by atoms with Crippen LogP contribution in [0.4, 0.5) is 5.82 Å². The fourth-order valence-corrected chi connectivity index (χ4v) is 7.03. The van der Waals surface area contributed by atoms with Gasteiger partial charge in [-0.15, -0.1) is 11.3 Å². The van der Waals surface area contributed by atoms with Gasteiger partial charge in [-0.05, 0) is 89.9 Å². The molecule has 0 aromatic carbocycles. The zero-order valence-corrected chi connectivity index (χ0v) is 19.1. The van der Waals surface area contributed by atoms with E-state index >= 15 is 0 Å². The maximum absolute atomic E-state index is 5.12. The maximum Gasteiger partial charge on any atom is 0.139 e. The number of hydrogen-bond acceptors (Lipinski definition) is 6. The summed E-state index contributed by atoms with van der Waals surface area (Å²) in [6.45, 7) is 4.99. The Labute approximate surface area is 184 Å². The van der Waals surface area contributed by atoms with Crippen molar-refractivity contribution in [3.8, 4) is 0 Å². The largest absolute Gasteiger partial charge is 0.367 e. The van der Waals surface area contributed by atoms with Crippen LogP contribution in [0.5, 0.6) is 0 Å². The maximum atomic E-state index is 5.12. The van der Waals surface area contributed by atoms with E-state index in [-0.39, 0.29) is 0 Å². The Kier molecular flexibility index (Phi) is 5.20. The Hall–Kier alpha value is -1.24. The number of thiophene rings is 1. The Morgan fingerprint density at radius 2 is 1.67 bits per heavy atom. The number of likely N-dealkylation sites (tertiary alicyclic amines) is 2. The van der Waals surface area contributed by atoms with Crippen LogP contribution in [0.1, 0.15) is 73.5 Å². The molecule has 0 spiro atoms. The summed E-state index contributed by atoms with van der Waals surface area (Å²) in [5, 5.41) is 5.31. The molecule has 2 aliphatic heterocycles. The number of anilines is 1. The van der Waals surface area contributed by atoms with Crippen LogP contribution in [-0.2, 0) is 12.8 Å². The summed E-state index contributed by atoms with van der Waals surface area (Å²) >= 11 is 1.95. The molecule has 6 rings (SSSR count). The topological polar surface area (TPSA) is 44.3 Å². The first-order valence-electron chi connectivity index (χ1n) is 12.3. The van der Waals surface area contributed by atoms with Gasteiger partial charge in [0.2, 0.25) is 0 Å². The lowest BCUT2D eigenvalue weighted by atomic mass is 9.96. The van der Waals surface area contributed by atoms with Gasteiger partial charge in [0.15, 0.2) is 0 Å². The molecule has 162 valence electrons. The molecule has 0 amide bonds. The second kappa shape index (κ2) is 8.03. The molecular formula is C24H35N5S. The third kappa shape index (κ3) is 3.76. The first-order chi connectivity index (χ1) is 14.7. The van der Waals surface area contributed by atoms with Crippen LogP contribution in [0.3, 0.4) is 0 Å². The molecule has 4 heterocycles. The highest BCUT2D eigenvalue weighted by Gasteiger charge is 2.31.